The smallest absolute Gasteiger partial charge is 0.245 e. The highest BCUT2D eigenvalue weighted by atomic mass is 16.1. The number of carbonyl (C=O) groups is 1. The summed E-state index contributed by atoms with van der Waals surface area (Å²) in [6, 6.07) is 9.92. The largest absolute Gasteiger partial charge is 0.359 e. The Morgan fingerprint density at radius 1 is 1.24 bits per heavy atom. The first-order valence-corrected chi connectivity index (χ1v) is 5.86. The predicted octanol–water partition coefficient (Wildman–Crippen LogP) is 2.53. The van der Waals surface area contributed by atoms with Crippen LogP contribution in [0.25, 0.3) is 0 Å². The van der Waals surface area contributed by atoms with Crippen molar-refractivity contribution in [1.29, 1.82) is 0 Å². The third-order valence-electron chi connectivity index (χ3n) is 2.79. The van der Waals surface area contributed by atoms with Gasteiger partial charge in [-0.25, -0.2) is 0 Å². The molecule has 1 aromatic rings. The lowest BCUT2D eigenvalue weighted by Gasteiger charge is -2.23. The molecule has 0 radical (unpaired) electrons. The molecule has 0 bridgehead atoms. The second-order valence-corrected chi connectivity index (χ2v) is 5.22. The molecule has 0 aromatic heterocycles. The van der Waals surface area contributed by atoms with E-state index < -0.39 is 0 Å². The van der Waals surface area contributed by atoms with Crippen LogP contribution >= 0.6 is 0 Å². The fourth-order valence-corrected chi connectivity index (χ4v) is 1.95. The molecule has 0 spiro atoms. The molecule has 0 fully saturated rings. The summed E-state index contributed by atoms with van der Waals surface area (Å²) in [5.74, 6) is -0.0194. The van der Waals surface area contributed by atoms with Crippen molar-refractivity contribution in [1.82, 2.24) is 5.32 Å². The SMILES string of the molecule is CC1(C)CNC(=O)C=C(Nc2ccccc2)C1. The minimum absolute atomic E-state index is 0.0194. The molecule has 1 amide bonds. The highest BCUT2D eigenvalue weighted by Crippen LogP contribution is 2.27. The number of anilines is 1. The Bertz CT molecular complexity index is 435. The average molecular weight is 230 g/mol. The maximum absolute atomic E-state index is 11.5. The van der Waals surface area contributed by atoms with Crippen LogP contribution < -0.4 is 10.6 Å². The molecule has 0 saturated heterocycles. The van der Waals surface area contributed by atoms with E-state index >= 15 is 0 Å². The summed E-state index contributed by atoms with van der Waals surface area (Å²) >= 11 is 0. The third kappa shape index (κ3) is 3.34. The van der Waals surface area contributed by atoms with Gasteiger partial charge in [-0.15, -0.1) is 0 Å². The van der Waals surface area contributed by atoms with E-state index in [1.807, 2.05) is 30.3 Å². The molecule has 0 aliphatic carbocycles. The number of carbonyl (C=O) groups excluding carboxylic acids is 1. The van der Waals surface area contributed by atoms with Gasteiger partial charge < -0.3 is 10.6 Å². The number of benzene rings is 1. The molecule has 2 N–H and O–H groups in total. The van der Waals surface area contributed by atoms with Gasteiger partial charge in [0, 0.05) is 24.0 Å². The van der Waals surface area contributed by atoms with Gasteiger partial charge in [0.1, 0.15) is 0 Å². The molecule has 1 aromatic carbocycles. The predicted molar refractivity (Wildman–Crippen MR) is 69.6 cm³/mol. The minimum atomic E-state index is -0.0194. The van der Waals surface area contributed by atoms with Gasteiger partial charge in [0.25, 0.3) is 0 Å². The van der Waals surface area contributed by atoms with Gasteiger partial charge in [0.05, 0.1) is 0 Å². The molecule has 3 heteroatoms. The molecule has 17 heavy (non-hydrogen) atoms. The molecular weight excluding hydrogens is 212 g/mol. The van der Waals surface area contributed by atoms with E-state index in [4.69, 9.17) is 0 Å². The van der Waals surface area contributed by atoms with Gasteiger partial charge in [-0.2, -0.15) is 0 Å². The summed E-state index contributed by atoms with van der Waals surface area (Å²) in [5.41, 5.74) is 2.07. The van der Waals surface area contributed by atoms with Crippen molar-refractivity contribution >= 4 is 11.6 Å². The first-order valence-electron chi connectivity index (χ1n) is 5.86. The maximum Gasteiger partial charge on any atom is 0.245 e. The number of para-hydroxylation sites is 1. The van der Waals surface area contributed by atoms with Crippen molar-refractivity contribution in [2.24, 2.45) is 5.41 Å². The summed E-state index contributed by atoms with van der Waals surface area (Å²) in [7, 11) is 0. The monoisotopic (exact) mass is 230 g/mol. The first-order chi connectivity index (χ1) is 8.05. The summed E-state index contributed by atoms with van der Waals surface area (Å²) in [5, 5.41) is 6.20. The van der Waals surface area contributed by atoms with Crippen LogP contribution in [0.3, 0.4) is 0 Å². The highest BCUT2D eigenvalue weighted by molar-refractivity contribution is 5.89. The van der Waals surface area contributed by atoms with Crippen LogP contribution in [0.1, 0.15) is 20.3 Å². The normalized spacial score (nSPS) is 18.9. The van der Waals surface area contributed by atoms with E-state index in [-0.39, 0.29) is 11.3 Å². The summed E-state index contributed by atoms with van der Waals surface area (Å²) < 4.78 is 0. The van der Waals surface area contributed by atoms with Crippen LogP contribution in [-0.2, 0) is 4.79 Å². The quantitative estimate of drug-likeness (QED) is 0.819. The second kappa shape index (κ2) is 4.62. The van der Waals surface area contributed by atoms with Crippen LogP contribution in [0.15, 0.2) is 42.1 Å². The first kappa shape index (κ1) is 11.7. The zero-order chi connectivity index (χ0) is 12.3. The van der Waals surface area contributed by atoms with E-state index in [0.717, 1.165) is 17.8 Å². The average Bonchev–Trinajstić information content (AvgIpc) is 2.39. The molecule has 2 rings (SSSR count). The number of allylic oxidation sites excluding steroid dienone is 1. The topological polar surface area (TPSA) is 41.1 Å². The molecule has 1 aliphatic heterocycles. The number of hydrogen-bond acceptors (Lipinski definition) is 2. The zero-order valence-corrected chi connectivity index (χ0v) is 10.3. The third-order valence-corrected chi connectivity index (χ3v) is 2.79. The molecule has 1 heterocycles. The highest BCUT2D eigenvalue weighted by Gasteiger charge is 2.24. The van der Waals surface area contributed by atoms with Crippen LogP contribution in [0, 0.1) is 5.41 Å². The molecular formula is C14H18N2O. The lowest BCUT2D eigenvalue weighted by atomic mass is 9.88. The van der Waals surface area contributed by atoms with E-state index in [1.54, 1.807) is 6.08 Å². The van der Waals surface area contributed by atoms with Gasteiger partial charge in [-0.05, 0) is 24.0 Å². The molecule has 1 aliphatic rings. The van der Waals surface area contributed by atoms with Gasteiger partial charge in [0.2, 0.25) is 5.91 Å². The van der Waals surface area contributed by atoms with Crippen molar-refractivity contribution in [2.45, 2.75) is 20.3 Å². The maximum atomic E-state index is 11.5. The molecule has 90 valence electrons. The van der Waals surface area contributed by atoms with Gasteiger partial charge in [-0.1, -0.05) is 32.0 Å². The lowest BCUT2D eigenvalue weighted by Crippen LogP contribution is -2.30. The Morgan fingerprint density at radius 2 is 1.94 bits per heavy atom. The van der Waals surface area contributed by atoms with Gasteiger partial charge in [0.15, 0.2) is 0 Å². The van der Waals surface area contributed by atoms with Gasteiger partial charge in [-0.3, -0.25) is 4.79 Å². The Balaban J connectivity index is 2.16. The number of rotatable bonds is 2. The van der Waals surface area contributed by atoms with Crippen LogP contribution in [-0.4, -0.2) is 12.5 Å². The lowest BCUT2D eigenvalue weighted by molar-refractivity contribution is -0.116. The van der Waals surface area contributed by atoms with Crippen molar-refractivity contribution < 1.29 is 4.79 Å². The summed E-state index contributed by atoms with van der Waals surface area (Å²) in [6.07, 6.45) is 2.52. The Labute approximate surface area is 102 Å². The van der Waals surface area contributed by atoms with Crippen molar-refractivity contribution in [3.63, 3.8) is 0 Å². The van der Waals surface area contributed by atoms with E-state index in [2.05, 4.69) is 24.5 Å². The number of hydrogen-bond donors (Lipinski definition) is 2. The molecule has 0 unspecified atom stereocenters. The van der Waals surface area contributed by atoms with Crippen molar-refractivity contribution in [2.75, 3.05) is 11.9 Å². The zero-order valence-electron chi connectivity index (χ0n) is 10.3. The number of amides is 1. The molecule has 0 atom stereocenters. The molecule has 3 nitrogen and oxygen atoms in total. The standard InChI is InChI=1S/C14H18N2O/c1-14(2)9-12(8-13(17)15-10-14)16-11-6-4-3-5-7-11/h3-8,16H,9-10H2,1-2H3,(H,15,17). The van der Waals surface area contributed by atoms with E-state index in [9.17, 15) is 4.79 Å². The van der Waals surface area contributed by atoms with Crippen LogP contribution in [0.5, 0.6) is 0 Å². The Kier molecular flexibility index (Phi) is 3.18. The molecule has 0 saturated carbocycles. The summed E-state index contributed by atoms with van der Waals surface area (Å²) in [4.78, 5) is 11.5. The van der Waals surface area contributed by atoms with E-state index in [1.165, 1.54) is 0 Å². The number of nitrogens with one attached hydrogen (secondary N) is 2. The van der Waals surface area contributed by atoms with Crippen LogP contribution in [0.4, 0.5) is 5.69 Å². The second-order valence-electron chi connectivity index (χ2n) is 5.22. The minimum Gasteiger partial charge on any atom is -0.359 e. The fourth-order valence-electron chi connectivity index (χ4n) is 1.95. The summed E-state index contributed by atoms with van der Waals surface area (Å²) in [6.45, 7) is 5.01. The Morgan fingerprint density at radius 3 is 2.65 bits per heavy atom. The van der Waals surface area contributed by atoms with Crippen molar-refractivity contribution in [3.05, 3.63) is 42.1 Å². The van der Waals surface area contributed by atoms with Crippen molar-refractivity contribution in [3.8, 4) is 0 Å². The van der Waals surface area contributed by atoms with Crippen LogP contribution in [0.2, 0.25) is 0 Å². The van der Waals surface area contributed by atoms with E-state index in [0.29, 0.717) is 6.54 Å². The van der Waals surface area contributed by atoms with Gasteiger partial charge >= 0.3 is 0 Å². The Hall–Kier alpha value is -1.77. The fraction of sp³-hybridized carbons (Fsp3) is 0.357.